The van der Waals surface area contributed by atoms with E-state index in [1.165, 1.54) is 6.07 Å². The lowest BCUT2D eigenvalue weighted by Gasteiger charge is -2.13. The van der Waals surface area contributed by atoms with Gasteiger partial charge in [0, 0.05) is 34.2 Å². The standard InChI is InChI=1S/C20H17BrN2O4/c1-26-18-7-5-15(10-19(18)27-12-13-3-2-8-22-11-13)23-20(25)16-9-14(21)4-6-17(16)24/h2-11,24H,12H2,1H3,(H,23,25). The average molecular weight is 429 g/mol. The molecule has 0 saturated heterocycles. The van der Waals surface area contributed by atoms with Crippen LogP contribution >= 0.6 is 15.9 Å². The van der Waals surface area contributed by atoms with Crippen molar-refractivity contribution in [3.63, 3.8) is 0 Å². The molecule has 27 heavy (non-hydrogen) atoms. The van der Waals surface area contributed by atoms with E-state index < -0.39 is 5.91 Å². The fourth-order valence-electron chi connectivity index (χ4n) is 2.40. The fraction of sp³-hybridized carbons (Fsp3) is 0.100. The van der Waals surface area contributed by atoms with Gasteiger partial charge in [0.1, 0.15) is 12.4 Å². The van der Waals surface area contributed by atoms with Crippen LogP contribution in [0.4, 0.5) is 5.69 Å². The van der Waals surface area contributed by atoms with Crippen LogP contribution < -0.4 is 14.8 Å². The van der Waals surface area contributed by atoms with Crippen molar-refractivity contribution in [2.24, 2.45) is 0 Å². The molecule has 0 aliphatic rings. The summed E-state index contributed by atoms with van der Waals surface area (Å²) in [5.74, 6) is 0.495. The minimum absolute atomic E-state index is 0.0998. The molecule has 6 nitrogen and oxygen atoms in total. The molecule has 2 N–H and O–H groups in total. The van der Waals surface area contributed by atoms with Crippen LogP contribution in [0, 0.1) is 0 Å². The third-order valence-corrected chi connectivity index (χ3v) is 4.24. The van der Waals surface area contributed by atoms with E-state index in [2.05, 4.69) is 26.2 Å². The van der Waals surface area contributed by atoms with E-state index in [9.17, 15) is 9.90 Å². The number of hydrogen-bond acceptors (Lipinski definition) is 5. The number of methoxy groups -OCH3 is 1. The number of phenols is 1. The van der Waals surface area contributed by atoms with Crippen molar-refractivity contribution < 1.29 is 19.4 Å². The normalized spacial score (nSPS) is 10.3. The first-order valence-corrected chi connectivity index (χ1v) is 8.85. The molecule has 1 amide bonds. The predicted molar refractivity (Wildman–Crippen MR) is 105 cm³/mol. The molecule has 7 heteroatoms. The molecule has 0 bridgehead atoms. The van der Waals surface area contributed by atoms with Crippen molar-refractivity contribution >= 4 is 27.5 Å². The van der Waals surface area contributed by atoms with E-state index in [4.69, 9.17) is 9.47 Å². The number of hydrogen-bond donors (Lipinski definition) is 2. The van der Waals surface area contributed by atoms with Crippen molar-refractivity contribution in [1.82, 2.24) is 4.98 Å². The Balaban J connectivity index is 1.78. The molecule has 3 rings (SSSR count). The highest BCUT2D eigenvalue weighted by atomic mass is 79.9. The molecule has 2 aromatic carbocycles. The minimum Gasteiger partial charge on any atom is -0.507 e. The third kappa shape index (κ3) is 4.77. The maximum atomic E-state index is 12.5. The van der Waals surface area contributed by atoms with Crippen molar-refractivity contribution in [2.75, 3.05) is 12.4 Å². The second kappa shape index (κ2) is 8.55. The monoisotopic (exact) mass is 428 g/mol. The molecule has 1 aromatic heterocycles. The summed E-state index contributed by atoms with van der Waals surface area (Å²) < 4.78 is 11.8. The number of nitrogens with zero attached hydrogens (tertiary/aromatic N) is 1. The van der Waals surface area contributed by atoms with Crippen LogP contribution in [-0.2, 0) is 6.61 Å². The number of nitrogens with one attached hydrogen (secondary N) is 1. The highest BCUT2D eigenvalue weighted by Gasteiger charge is 2.14. The van der Waals surface area contributed by atoms with Crippen LogP contribution in [0.2, 0.25) is 0 Å². The van der Waals surface area contributed by atoms with Gasteiger partial charge in [-0.1, -0.05) is 22.0 Å². The number of rotatable bonds is 6. The highest BCUT2D eigenvalue weighted by Crippen LogP contribution is 2.31. The number of aromatic nitrogens is 1. The van der Waals surface area contributed by atoms with E-state index in [1.54, 1.807) is 49.8 Å². The Labute approximate surface area is 164 Å². The SMILES string of the molecule is COc1ccc(NC(=O)c2cc(Br)ccc2O)cc1OCc1cccnc1. The molecule has 0 atom stereocenters. The zero-order valence-corrected chi connectivity index (χ0v) is 16.1. The van der Waals surface area contributed by atoms with E-state index in [0.29, 0.717) is 28.3 Å². The largest absolute Gasteiger partial charge is 0.507 e. The molecule has 0 saturated carbocycles. The summed E-state index contributed by atoms with van der Waals surface area (Å²) in [6, 6.07) is 13.5. The number of benzene rings is 2. The average Bonchev–Trinajstić information content (AvgIpc) is 2.69. The number of ether oxygens (including phenoxy) is 2. The second-order valence-electron chi connectivity index (χ2n) is 5.63. The van der Waals surface area contributed by atoms with Gasteiger partial charge >= 0.3 is 0 Å². The fourth-order valence-corrected chi connectivity index (χ4v) is 2.76. The van der Waals surface area contributed by atoms with Crippen LogP contribution in [0.25, 0.3) is 0 Å². The molecule has 0 aliphatic heterocycles. The maximum Gasteiger partial charge on any atom is 0.259 e. The van der Waals surface area contributed by atoms with E-state index in [-0.39, 0.29) is 11.3 Å². The van der Waals surface area contributed by atoms with Gasteiger partial charge in [0.25, 0.3) is 5.91 Å². The summed E-state index contributed by atoms with van der Waals surface area (Å²) in [6.07, 6.45) is 3.41. The van der Waals surface area contributed by atoms with Crippen LogP contribution in [-0.4, -0.2) is 23.1 Å². The number of phenolic OH excluding ortho intramolecular Hbond substituents is 1. The first-order valence-electron chi connectivity index (χ1n) is 8.06. The summed E-state index contributed by atoms with van der Waals surface area (Å²) in [4.78, 5) is 16.5. The van der Waals surface area contributed by atoms with Gasteiger partial charge in [-0.25, -0.2) is 0 Å². The van der Waals surface area contributed by atoms with Gasteiger partial charge in [-0.3, -0.25) is 9.78 Å². The Kier molecular flexibility index (Phi) is 5.93. The Hall–Kier alpha value is -3.06. The second-order valence-corrected chi connectivity index (χ2v) is 6.55. The topological polar surface area (TPSA) is 80.7 Å². The van der Waals surface area contributed by atoms with Crippen LogP contribution in [0.3, 0.4) is 0 Å². The quantitative estimate of drug-likeness (QED) is 0.608. The van der Waals surface area contributed by atoms with Crippen molar-refractivity contribution in [2.45, 2.75) is 6.61 Å². The molecule has 0 spiro atoms. The summed E-state index contributed by atoms with van der Waals surface area (Å²) in [6.45, 7) is 0.314. The summed E-state index contributed by atoms with van der Waals surface area (Å²) in [5, 5.41) is 12.6. The summed E-state index contributed by atoms with van der Waals surface area (Å²) >= 11 is 3.29. The maximum absolute atomic E-state index is 12.5. The van der Waals surface area contributed by atoms with Gasteiger partial charge in [0.15, 0.2) is 11.5 Å². The first kappa shape index (κ1) is 18.7. The molecule has 3 aromatic rings. The van der Waals surface area contributed by atoms with E-state index >= 15 is 0 Å². The number of pyridine rings is 1. The smallest absolute Gasteiger partial charge is 0.259 e. The lowest BCUT2D eigenvalue weighted by atomic mass is 10.2. The number of aromatic hydroxyl groups is 1. The van der Waals surface area contributed by atoms with Gasteiger partial charge in [0.05, 0.1) is 12.7 Å². The number of amides is 1. The summed E-state index contributed by atoms with van der Waals surface area (Å²) in [7, 11) is 1.55. The Morgan fingerprint density at radius 2 is 2.04 bits per heavy atom. The molecular formula is C20H17BrN2O4. The number of carbonyl (C=O) groups is 1. The van der Waals surface area contributed by atoms with Crippen molar-refractivity contribution in [3.8, 4) is 17.2 Å². The zero-order valence-electron chi connectivity index (χ0n) is 14.5. The van der Waals surface area contributed by atoms with Gasteiger partial charge in [0.2, 0.25) is 0 Å². The van der Waals surface area contributed by atoms with Gasteiger partial charge in [-0.15, -0.1) is 0 Å². The van der Waals surface area contributed by atoms with Crippen LogP contribution in [0.5, 0.6) is 17.2 Å². The number of anilines is 1. The van der Waals surface area contributed by atoms with Crippen molar-refractivity contribution in [1.29, 1.82) is 0 Å². The van der Waals surface area contributed by atoms with Crippen LogP contribution in [0.15, 0.2) is 65.4 Å². The molecular weight excluding hydrogens is 412 g/mol. The number of carbonyl (C=O) groups excluding carboxylic acids is 1. The summed E-state index contributed by atoms with van der Waals surface area (Å²) in [5.41, 5.74) is 1.59. The Bertz CT molecular complexity index is 948. The zero-order chi connectivity index (χ0) is 19.2. The third-order valence-electron chi connectivity index (χ3n) is 3.74. The Morgan fingerprint density at radius 1 is 1.19 bits per heavy atom. The van der Waals surface area contributed by atoms with Crippen LogP contribution in [0.1, 0.15) is 15.9 Å². The minimum atomic E-state index is -0.433. The molecule has 0 aliphatic carbocycles. The molecule has 138 valence electrons. The molecule has 0 fully saturated rings. The van der Waals surface area contributed by atoms with E-state index in [0.717, 1.165) is 5.56 Å². The first-order chi connectivity index (χ1) is 13.1. The highest BCUT2D eigenvalue weighted by molar-refractivity contribution is 9.10. The van der Waals surface area contributed by atoms with E-state index in [1.807, 2.05) is 12.1 Å². The molecule has 1 heterocycles. The molecule has 0 radical (unpaired) electrons. The van der Waals surface area contributed by atoms with Gasteiger partial charge in [-0.05, 0) is 36.4 Å². The van der Waals surface area contributed by atoms with Gasteiger partial charge in [-0.2, -0.15) is 0 Å². The van der Waals surface area contributed by atoms with Gasteiger partial charge < -0.3 is 19.9 Å². The Morgan fingerprint density at radius 3 is 2.78 bits per heavy atom. The lowest BCUT2D eigenvalue weighted by Crippen LogP contribution is -2.12. The van der Waals surface area contributed by atoms with Crippen molar-refractivity contribution in [3.05, 3.63) is 76.5 Å². The lowest BCUT2D eigenvalue weighted by molar-refractivity contribution is 0.102. The molecule has 0 unspecified atom stereocenters. The predicted octanol–water partition coefficient (Wildman–Crippen LogP) is 4.39. The number of halogens is 1.